The second kappa shape index (κ2) is 8.31. The van der Waals surface area contributed by atoms with E-state index in [0.29, 0.717) is 11.4 Å². The van der Waals surface area contributed by atoms with Gasteiger partial charge < -0.3 is 10.1 Å². The first-order valence-electron chi connectivity index (χ1n) is 8.61. The Kier molecular flexibility index (Phi) is 5.66. The van der Waals surface area contributed by atoms with Crippen LogP contribution >= 0.6 is 0 Å². The average Bonchev–Trinajstić information content (AvgIpc) is 3.00. The zero-order valence-electron chi connectivity index (χ0n) is 15.0. The van der Waals surface area contributed by atoms with Crippen LogP contribution in [0.2, 0.25) is 0 Å². The number of ether oxygens (including phenoxy) is 1. The van der Waals surface area contributed by atoms with Crippen molar-refractivity contribution in [3.8, 4) is 5.75 Å². The molecule has 0 aromatic heterocycles. The van der Waals surface area contributed by atoms with Crippen molar-refractivity contribution in [3.05, 3.63) is 65.7 Å². The number of anilines is 1. The lowest BCUT2D eigenvalue weighted by Crippen LogP contribution is -2.28. The molecule has 1 aliphatic rings. The van der Waals surface area contributed by atoms with Crippen LogP contribution in [-0.2, 0) is 20.9 Å². The standard InChI is InChI=1S/C21H20N2O4/c1-27-18-5-3-2-4-16(18)8-11-19(24)22-17-9-6-15(7-10-17)14-23-20(25)12-13-21(23)26/h2-11H,12-14H2,1H3,(H,22,24)/b11-8+. The van der Waals surface area contributed by atoms with Crippen LogP contribution in [0.25, 0.3) is 6.08 Å². The fourth-order valence-electron chi connectivity index (χ4n) is 2.83. The number of rotatable bonds is 6. The fraction of sp³-hybridized carbons (Fsp3) is 0.190. The third-order valence-electron chi connectivity index (χ3n) is 4.27. The summed E-state index contributed by atoms with van der Waals surface area (Å²) in [6.45, 7) is 0.263. The van der Waals surface area contributed by atoms with Gasteiger partial charge in [0.2, 0.25) is 17.7 Å². The van der Waals surface area contributed by atoms with E-state index in [1.807, 2.05) is 24.3 Å². The van der Waals surface area contributed by atoms with Gasteiger partial charge in [0.05, 0.1) is 13.7 Å². The van der Waals surface area contributed by atoms with Crippen molar-refractivity contribution in [2.24, 2.45) is 0 Å². The number of carbonyl (C=O) groups excluding carboxylic acids is 3. The lowest BCUT2D eigenvalue weighted by atomic mass is 10.2. The molecule has 2 aromatic carbocycles. The third kappa shape index (κ3) is 4.61. The Bertz CT molecular complexity index is 871. The molecule has 0 spiro atoms. The summed E-state index contributed by atoms with van der Waals surface area (Å²) in [6.07, 6.45) is 3.69. The van der Waals surface area contributed by atoms with Gasteiger partial charge in [0.1, 0.15) is 5.75 Å². The predicted molar refractivity (Wildman–Crippen MR) is 102 cm³/mol. The molecule has 3 rings (SSSR count). The molecule has 0 atom stereocenters. The minimum atomic E-state index is -0.265. The van der Waals surface area contributed by atoms with Gasteiger partial charge in [-0.2, -0.15) is 0 Å². The van der Waals surface area contributed by atoms with E-state index in [1.54, 1.807) is 37.5 Å². The van der Waals surface area contributed by atoms with Gasteiger partial charge in [0, 0.05) is 30.2 Å². The highest BCUT2D eigenvalue weighted by atomic mass is 16.5. The maximum atomic E-state index is 12.1. The first-order chi connectivity index (χ1) is 13.1. The number of hydrogen-bond acceptors (Lipinski definition) is 4. The number of para-hydroxylation sites is 1. The van der Waals surface area contributed by atoms with Crippen LogP contribution < -0.4 is 10.1 Å². The molecule has 0 radical (unpaired) electrons. The lowest BCUT2D eigenvalue weighted by Gasteiger charge is -2.14. The third-order valence-corrected chi connectivity index (χ3v) is 4.27. The summed E-state index contributed by atoms with van der Waals surface area (Å²) in [5.74, 6) is 0.146. The number of nitrogens with one attached hydrogen (secondary N) is 1. The molecule has 0 unspecified atom stereocenters. The van der Waals surface area contributed by atoms with E-state index in [-0.39, 0.29) is 37.1 Å². The molecular weight excluding hydrogens is 344 g/mol. The van der Waals surface area contributed by atoms with Crippen molar-refractivity contribution in [3.63, 3.8) is 0 Å². The van der Waals surface area contributed by atoms with Crippen molar-refractivity contribution >= 4 is 29.5 Å². The summed E-state index contributed by atoms with van der Waals surface area (Å²) in [7, 11) is 1.58. The Hall–Kier alpha value is -3.41. The molecule has 1 N–H and O–H groups in total. The summed E-state index contributed by atoms with van der Waals surface area (Å²) < 4.78 is 5.24. The number of likely N-dealkylation sites (tertiary alicyclic amines) is 1. The van der Waals surface area contributed by atoms with Gasteiger partial charge in [0.15, 0.2) is 0 Å². The van der Waals surface area contributed by atoms with Gasteiger partial charge in [0.25, 0.3) is 0 Å². The minimum Gasteiger partial charge on any atom is -0.496 e. The normalized spacial score (nSPS) is 14.0. The molecule has 6 nitrogen and oxygen atoms in total. The smallest absolute Gasteiger partial charge is 0.248 e. The van der Waals surface area contributed by atoms with Crippen LogP contribution in [0.3, 0.4) is 0 Å². The second-order valence-corrected chi connectivity index (χ2v) is 6.14. The molecule has 0 bridgehead atoms. The van der Waals surface area contributed by atoms with Crippen LogP contribution in [0.15, 0.2) is 54.6 Å². The molecule has 0 aliphatic carbocycles. The number of methoxy groups -OCH3 is 1. The quantitative estimate of drug-likeness (QED) is 0.632. The van der Waals surface area contributed by atoms with Crippen molar-refractivity contribution in [2.75, 3.05) is 12.4 Å². The van der Waals surface area contributed by atoms with Crippen molar-refractivity contribution in [1.82, 2.24) is 4.90 Å². The number of nitrogens with zero attached hydrogens (tertiary/aromatic N) is 1. The molecule has 27 heavy (non-hydrogen) atoms. The van der Waals surface area contributed by atoms with Gasteiger partial charge in [-0.25, -0.2) is 0 Å². The first kappa shape index (κ1) is 18.4. The first-order valence-corrected chi connectivity index (χ1v) is 8.61. The predicted octanol–water partition coefficient (Wildman–Crippen LogP) is 3.00. The Morgan fingerprint density at radius 1 is 1.07 bits per heavy atom. The van der Waals surface area contributed by atoms with E-state index < -0.39 is 0 Å². The molecule has 3 amide bonds. The molecule has 6 heteroatoms. The summed E-state index contributed by atoms with van der Waals surface area (Å²) in [4.78, 5) is 36.7. The Labute approximate surface area is 157 Å². The van der Waals surface area contributed by atoms with Gasteiger partial charge >= 0.3 is 0 Å². The molecule has 1 saturated heterocycles. The van der Waals surface area contributed by atoms with Gasteiger partial charge in [-0.1, -0.05) is 30.3 Å². The van der Waals surface area contributed by atoms with E-state index >= 15 is 0 Å². The summed E-state index contributed by atoms with van der Waals surface area (Å²) in [6, 6.07) is 14.5. The molecule has 2 aromatic rings. The van der Waals surface area contributed by atoms with Crippen molar-refractivity contribution in [1.29, 1.82) is 0 Å². The highest BCUT2D eigenvalue weighted by molar-refractivity contribution is 6.02. The highest BCUT2D eigenvalue weighted by Gasteiger charge is 2.28. The maximum Gasteiger partial charge on any atom is 0.248 e. The van der Waals surface area contributed by atoms with Crippen LogP contribution in [0.1, 0.15) is 24.0 Å². The Balaban J connectivity index is 1.59. The van der Waals surface area contributed by atoms with Gasteiger partial charge in [-0.15, -0.1) is 0 Å². The summed E-state index contributed by atoms with van der Waals surface area (Å²) >= 11 is 0. The number of carbonyl (C=O) groups is 3. The Morgan fingerprint density at radius 2 is 1.74 bits per heavy atom. The van der Waals surface area contributed by atoms with Crippen LogP contribution in [-0.4, -0.2) is 29.7 Å². The van der Waals surface area contributed by atoms with E-state index in [1.165, 1.54) is 11.0 Å². The maximum absolute atomic E-state index is 12.1. The average molecular weight is 364 g/mol. The van der Waals surface area contributed by atoms with Crippen LogP contribution in [0.5, 0.6) is 5.75 Å². The zero-order valence-corrected chi connectivity index (χ0v) is 15.0. The number of hydrogen-bond donors (Lipinski definition) is 1. The molecule has 1 fully saturated rings. The highest BCUT2D eigenvalue weighted by Crippen LogP contribution is 2.19. The van der Waals surface area contributed by atoms with E-state index in [9.17, 15) is 14.4 Å². The van der Waals surface area contributed by atoms with Crippen LogP contribution in [0, 0.1) is 0 Å². The van der Waals surface area contributed by atoms with Gasteiger partial charge in [-0.05, 0) is 29.8 Å². The van der Waals surface area contributed by atoms with Crippen LogP contribution in [0.4, 0.5) is 5.69 Å². The largest absolute Gasteiger partial charge is 0.496 e. The summed E-state index contributed by atoms with van der Waals surface area (Å²) in [5.41, 5.74) is 2.28. The Morgan fingerprint density at radius 3 is 2.41 bits per heavy atom. The molecule has 1 heterocycles. The number of amides is 3. The van der Waals surface area contributed by atoms with Crippen molar-refractivity contribution in [2.45, 2.75) is 19.4 Å². The lowest BCUT2D eigenvalue weighted by molar-refractivity contribution is -0.139. The molecule has 0 saturated carbocycles. The minimum absolute atomic E-state index is 0.140. The number of benzene rings is 2. The monoisotopic (exact) mass is 364 g/mol. The van der Waals surface area contributed by atoms with E-state index in [4.69, 9.17) is 4.74 Å². The second-order valence-electron chi connectivity index (χ2n) is 6.14. The summed E-state index contributed by atoms with van der Waals surface area (Å²) in [5, 5.41) is 2.77. The topological polar surface area (TPSA) is 75.7 Å². The number of imide groups is 1. The fourth-order valence-corrected chi connectivity index (χ4v) is 2.83. The molecular formula is C21H20N2O4. The van der Waals surface area contributed by atoms with E-state index in [2.05, 4.69) is 5.32 Å². The van der Waals surface area contributed by atoms with Crippen molar-refractivity contribution < 1.29 is 19.1 Å². The molecule has 138 valence electrons. The van der Waals surface area contributed by atoms with E-state index in [0.717, 1.165) is 11.1 Å². The van der Waals surface area contributed by atoms with Gasteiger partial charge in [-0.3, -0.25) is 19.3 Å². The zero-order chi connectivity index (χ0) is 19.2. The SMILES string of the molecule is COc1ccccc1/C=C/C(=O)Nc1ccc(CN2C(=O)CCC2=O)cc1. The molecule has 1 aliphatic heterocycles.